The first-order chi connectivity index (χ1) is 14.2. The van der Waals surface area contributed by atoms with Crippen LogP contribution in [-0.4, -0.2) is 18.2 Å². The van der Waals surface area contributed by atoms with Gasteiger partial charge in [0.15, 0.2) is 0 Å². The molecule has 3 heteroatoms. The third-order valence-electron chi connectivity index (χ3n) is 5.98. The predicted molar refractivity (Wildman–Crippen MR) is 120 cm³/mol. The molecule has 1 aromatic carbocycles. The molecule has 2 rings (SSSR count). The van der Waals surface area contributed by atoms with Crippen LogP contribution in [0.3, 0.4) is 0 Å². The smallest absolute Gasteiger partial charge is 0.147 e. The lowest BCUT2D eigenvalue weighted by atomic mass is 9.81. The van der Waals surface area contributed by atoms with E-state index in [0.717, 1.165) is 12.0 Å². The molecule has 1 aliphatic rings. The SMILES string of the molecule is CCCCCCCCCCCCCCOc1ccccc1C1C(=O)CCCC1=O. The fourth-order valence-corrected chi connectivity index (χ4v) is 4.23. The van der Waals surface area contributed by atoms with Gasteiger partial charge in [-0.15, -0.1) is 0 Å². The molecule has 0 aromatic heterocycles. The molecular formula is C26H40O3. The minimum Gasteiger partial charge on any atom is -0.493 e. The lowest BCUT2D eigenvalue weighted by Gasteiger charge is -2.22. The number of Topliss-reactive ketones (excluding diaryl/α,β-unsaturated/α-hetero) is 2. The number of benzene rings is 1. The van der Waals surface area contributed by atoms with E-state index in [4.69, 9.17) is 4.74 Å². The van der Waals surface area contributed by atoms with Gasteiger partial charge in [-0.05, 0) is 18.9 Å². The van der Waals surface area contributed by atoms with Gasteiger partial charge in [0.2, 0.25) is 0 Å². The van der Waals surface area contributed by atoms with Crippen LogP contribution in [0.4, 0.5) is 0 Å². The summed E-state index contributed by atoms with van der Waals surface area (Å²) in [6.45, 7) is 2.92. The van der Waals surface area contributed by atoms with Crippen LogP contribution in [0.2, 0.25) is 0 Å². The Morgan fingerprint density at radius 3 is 1.86 bits per heavy atom. The second-order valence-corrected chi connectivity index (χ2v) is 8.49. The quantitative estimate of drug-likeness (QED) is 0.231. The molecule has 1 fully saturated rings. The fraction of sp³-hybridized carbons (Fsp3) is 0.692. The second kappa shape index (κ2) is 14.4. The largest absolute Gasteiger partial charge is 0.493 e. The number of unbranched alkanes of at least 4 members (excludes halogenated alkanes) is 11. The number of rotatable bonds is 15. The fourth-order valence-electron chi connectivity index (χ4n) is 4.23. The summed E-state index contributed by atoms with van der Waals surface area (Å²) in [6.07, 6.45) is 17.5. The molecule has 162 valence electrons. The molecule has 1 aromatic rings. The Morgan fingerprint density at radius 1 is 0.759 bits per heavy atom. The van der Waals surface area contributed by atoms with E-state index in [0.29, 0.717) is 31.6 Å². The summed E-state index contributed by atoms with van der Waals surface area (Å²) in [5.41, 5.74) is 0.765. The molecule has 0 aliphatic heterocycles. The Hall–Kier alpha value is -1.64. The van der Waals surface area contributed by atoms with Crippen molar-refractivity contribution in [1.29, 1.82) is 0 Å². The van der Waals surface area contributed by atoms with Crippen molar-refractivity contribution in [2.75, 3.05) is 6.61 Å². The van der Waals surface area contributed by atoms with Gasteiger partial charge in [0.25, 0.3) is 0 Å². The minimum absolute atomic E-state index is 0.0441. The number of hydrogen-bond acceptors (Lipinski definition) is 3. The Balaban J connectivity index is 1.58. The molecule has 29 heavy (non-hydrogen) atoms. The van der Waals surface area contributed by atoms with Crippen LogP contribution in [0.25, 0.3) is 0 Å². The van der Waals surface area contributed by atoms with Crippen LogP contribution in [0.5, 0.6) is 5.75 Å². The van der Waals surface area contributed by atoms with Crippen LogP contribution >= 0.6 is 0 Å². The topological polar surface area (TPSA) is 43.4 Å². The van der Waals surface area contributed by atoms with Gasteiger partial charge >= 0.3 is 0 Å². The zero-order chi connectivity index (χ0) is 20.7. The highest BCUT2D eigenvalue weighted by molar-refractivity contribution is 6.09. The van der Waals surface area contributed by atoms with Crippen LogP contribution < -0.4 is 4.74 Å². The van der Waals surface area contributed by atoms with Gasteiger partial charge in [0.05, 0.1) is 6.61 Å². The molecule has 0 amide bonds. The maximum atomic E-state index is 12.3. The van der Waals surface area contributed by atoms with Gasteiger partial charge in [-0.1, -0.05) is 95.8 Å². The van der Waals surface area contributed by atoms with Crippen molar-refractivity contribution in [2.45, 2.75) is 109 Å². The maximum Gasteiger partial charge on any atom is 0.147 e. The van der Waals surface area contributed by atoms with Gasteiger partial charge in [-0.25, -0.2) is 0 Å². The third kappa shape index (κ3) is 8.72. The summed E-state index contributed by atoms with van der Waals surface area (Å²) in [5, 5.41) is 0. The highest BCUT2D eigenvalue weighted by Crippen LogP contribution is 2.33. The Morgan fingerprint density at radius 2 is 1.28 bits per heavy atom. The van der Waals surface area contributed by atoms with Gasteiger partial charge in [0, 0.05) is 18.4 Å². The molecule has 0 radical (unpaired) electrons. The number of carbonyl (C=O) groups excluding carboxylic acids is 2. The molecule has 0 spiro atoms. The summed E-state index contributed by atoms with van der Waals surface area (Å²) >= 11 is 0. The Labute approximate surface area is 177 Å². The molecular weight excluding hydrogens is 360 g/mol. The van der Waals surface area contributed by atoms with Crippen molar-refractivity contribution < 1.29 is 14.3 Å². The first-order valence-electron chi connectivity index (χ1n) is 12.0. The van der Waals surface area contributed by atoms with Crippen molar-refractivity contribution in [2.24, 2.45) is 0 Å². The van der Waals surface area contributed by atoms with E-state index in [1.54, 1.807) is 0 Å². The lowest BCUT2D eigenvalue weighted by molar-refractivity contribution is -0.131. The number of para-hydroxylation sites is 1. The summed E-state index contributed by atoms with van der Waals surface area (Å²) in [4.78, 5) is 24.5. The summed E-state index contributed by atoms with van der Waals surface area (Å²) in [7, 11) is 0. The Kier molecular flexibility index (Phi) is 11.7. The Bertz CT molecular complexity index is 592. The zero-order valence-corrected chi connectivity index (χ0v) is 18.4. The normalized spacial score (nSPS) is 15.1. The zero-order valence-electron chi connectivity index (χ0n) is 18.4. The molecule has 1 aliphatic carbocycles. The second-order valence-electron chi connectivity index (χ2n) is 8.49. The van der Waals surface area contributed by atoms with Gasteiger partial charge in [0.1, 0.15) is 23.2 Å². The first kappa shape index (κ1) is 23.6. The average molecular weight is 401 g/mol. The maximum absolute atomic E-state index is 12.3. The molecule has 0 heterocycles. The monoisotopic (exact) mass is 400 g/mol. The van der Waals surface area contributed by atoms with E-state index in [1.165, 1.54) is 70.6 Å². The minimum atomic E-state index is -0.609. The van der Waals surface area contributed by atoms with E-state index in [2.05, 4.69) is 6.92 Å². The molecule has 0 atom stereocenters. The lowest BCUT2D eigenvalue weighted by Crippen LogP contribution is -2.27. The summed E-state index contributed by atoms with van der Waals surface area (Å²) in [6, 6.07) is 7.58. The van der Waals surface area contributed by atoms with E-state index in [-0.39, 0.29) is 11.6 Å². The van der Waals surface area contributed by atoms with E-state index in [9.17, 15) is 9.59 Å². The van der Waals surface area contributed by atoms with Gasteiger partial charge < -0.3 is 4.74 Å². The molecule has 0 unspecified atom stereocenters. The van der Waals surface area contributed by atoms with Gasteiger partial charge in [-0.3, -0.25) is 9.59 Å². The van der Waals surface area contributed by atoms with Crippen LogP contribution in [0.1, 0.15) is 115 Å². The van der Waals surface area contributed by atoms with E-state index < -0.39 is 5.92 Å². The summed E-state index contributed by atoms with van der Waals surface area (Å²) < 4.78 is 5.97. The molecule has 3 nitrogen and oxygen atoms in total. The molecule has 0 N–H and O–H groups in total. The van der Waals surface area contributed by atoms with Crippen LogP contribution in [0, 0.1) is 0 Å². The molecule has 1 saturated carbocycles. The van der Waals surface area contributed by atoms with Crippen molar-refractivity contribution in [3.05, 3.63) is 29.8 Å². The number of ether oxygens (including phenoxy) is 1. The molecule has 0 bridgehead atoms. The van der Waals surface area contributed by atoms with E-state index >= 15 is 0 Å². The van der Waals surface area contributed by atoms with Crippen molar-refractivity contribution >= 4 is 11.6 Å². The number of ketones is 2. The highest BCUT2D eigenvalue weighted by atomic mass is 16.5. The first-order valence-corrected chi connectivity index (χ1v) is 12.0. The highest BCUT2D eigenvalue weighted by Gasteiger charge is 2.33. The van der Waals surface area contributed by atoms with E-state index in [1.807, 2.05) is 24.3 Å². The average Bonchev–Trinajstić information content (AvgIpc) is 2.72. The standard InChI is InChI=1S/C26H40O3/c1-2-3-4-5-6-7-8-9-10-11-12-15-21-29-25-20-14-13-17-22(25)26-23(27)18-16-19-24(26)28/h13-14,17,20,26H,2-12,15-16,18-19,21H2,1H3. The van der Waals surface area contributed by atoms with Crippen molar-refractivity contribution in [3.63, 3.8) is 0 Å². The van der Waals surface area contributed by atoms with Crippen LogP contribution in [-0.2, 0) is 9.59 Å². The predicted octanol–water partition coefficient (Wildman–Crippen LogP) is 7.17. The van der Waals surface area contributed by atoms with Crippen LogP contribution in [0.15, 0.2) is 24.3 Å². The molecule has 0 saturated heterocycles. The number of carbonyl (C=O) groups is 2. The third-order valence-corrected chi connectivity index (χ3v) is 5.98. The van der Waals surface area contributed by atoms with Gasteiger partial charge in [-0.2, -0.15) is 0 Å². The van der Waals surface area contributed by atoms with Crippen molar-refractivity contribution in [1.82, 2.24) is 0 Å². The van der Waals surface area contributed by atoms with Crippen molar-refractivity contribution in [3.8, 4) is 5.75 Å². The summed E-state index contributed by atoms with van der Waals surface area (Å²) in [5.74, 6) is 0.191. The number of hydrogen-bond donors (Lipinski definition) is 0.